The fraction of sp³-hybridized carbons (Fsp3) is 0.722. The molecule has 0 amide bonds. The number of ketones is 1. The van der Waals surface area contributed by atoms with Crippen molar-refractivity contribution >= 4 is 5.78 Å². The van der Waals surface area contributed by atoms with Crippen LogP contribution in [0.25, 0.3) is 0 Å². The predicted molar refractivity (Wildman–Crippen MR) is 86.7 cm³/mol. The predicted octanol–water partition coefficient (Wildman–Crippen LogP) is 5.44. The van der Waals surface area contributed by atoms with Gasteiger partial charge in [0.05, 0.1) is 5.76 Å². The summed E-state index contributed by atoms with van der Waals surface area (Å²) in [6.07, 6.45) is 6.35. The summed E-state index contributed by atoms with van der Waals surface area (Å²) in [5, 5.41) is 0. The van der Waals surface area contributed by atoms with Gasteiger partial charge >= 0.3 is 0 Å². The maximum Gasteiger partial charge on any atom is 0.173 e. The molecule has 0 aromatic carbocycles. The van der Waals surface area contributed by atoms with Crippen molar-refractivity contribution in [3.8, 4) is 0 Å². The van der Waals surface area contributed by atoms with Crippen LogP contribution in [0, 0.1) is 5.92 Å². The first kappa shape index (κ1) is 18.9. The third-order valence-corrected chi connectivity index (χ3v) is 3.26. The van der Waals surface area contributed by atoms with Gasteiger partial charge < -0.3 is 4.74 Å². The van der Waals surface area contributed by atoms with Crippen LogP contribution in [0.2, 0.25) is 0 Å². The number of unbranched alkanes of at least 4 members (excludes halogenated alkanes) is 2. The monoisotopic (exact) mass is 280 g/mol. The molecule has 0 aliphatic rings. The minimum atomic E-state index is -0.303. The van der Waals surface area contributed by atoms with E-state index in [1.54, 1.807) is 0 Å². The number of carbonyl (C=O) groups excluding carboxylic acids is 1. The van der Waals surface area contributed by atoms with Crippen LogP contribution in [0.4, 0.5) is 0 Å². The maximum absolute atomic E-state index is 11.9. The van der Waals surface area contributed by atoms with Crippen LogP contribution < -0.4 is 0 Å². The summed E-state index contributed by atoms with van der Waals surface area (Å²) in [7, 11) is 0. The van der Waals surface area contributed by atoms with Crippen molar-refractivity contribution in [2.24, 2.45) is 5.92 Å². The Morgan fingerprint density at radius 1 is 1.10 bits per heavy atom. The fourth-order valence-corrected chi connectivity index (χ4v) is 2.09. The number of Topliss-reactive ketones (excluding diaryl/α,β-unsaturated/α-hetero) is 1. The zero-order valence-electron chi connectivity index (χ0n) is 13.8. The van der Waals surface area contributed by atoms with E-state index in [0.717, 1.165) is 37.9 Å². The molecular weight excluding hydrogens is 248 g/mol. The first-order valence-corrected chi connectivity index (χ1v) is 7.88. The maximum atomic E-state index is 11.9. The van der Waals surface area contributed by atoms with Crippen molar-refractivity contribution in [2.45, 2.75) is 78.7 Å². The van der Waals surface area contributed by atoms with Crippen molar-refractivity contribution < 1.29 is 9.53 Å². The molecule has 0 heterocycles. The molecule has 0 N–H and O–H groups in total. The van der Waals surface area contributed by atoms with Crippen LogP contribution in [-0.4, -0.2) is 11.9 Å². The lowest BCUT2D eigenvalue weighted by atomic mass is 10.0. The molecule has 0 rings (SSSR count). The fourth-order valence-electron chi connectivity index (χ4n) is 2.09. The van der Waals surface area contributed by atoms with Crippen molar-refractivity contribution in [3.63, 3.8) is 0 Å². The van der Waals surface area contributed by atoms with E-state index in [1.165, 1.54) is 12.0 Å². The van der Waals surface area contributed by atoms with Crippen LogP contribution in [0.1, 0.15) is 72.6 Å². The summed E-state index contributed by atoms with van der Waals surface area (Å²) in [6.45, 7) is 16.0. The molecule has 20 heavy (non-hydrogen) atoms. The third-order valence-electron chi connectivity index (χ3n) is 3.26. The Hall–Kier alpha value is -1.05. The largest absolute Gasteiger partial charge is 0.488 e. The van der Waals surface area contributed by atoms with Crippen LogP contribution in [0.15, 0.2) is 24.5 Å². The highest BCUT2D eigenvalue weighted by atomic mass is 16.5. The van der Waals surface area contributed by atoms with Crippen molar-refractivity contribution in [1.82, 2.24) is 0 Å². The Balaban J connectivity index is 4.00. The zero-order valence-corrected chi connectivity index (χ0v) is 13.8. The first-order valence-electron chi connectivity index (χ1n) is 7.88. The van der Waals surface area contributed by atoms with E-state index in [2.05, 4.69) is 33.9 Å². The van der Waals surface area contributed by atoms with Gasteiger partial charge in [0, 0.05) is 12.8 Å². The molecule has 0 spiro atoms. The van der Waals surface area contributed by atoms with Crippen molar-refractivity contribution in [3.05, 3.63) is 24.5 Å². The lowest BCUT2D eigenvalue weighted by Gasteiger charge is -2.20. The average Bonchev–Trinajstić information content (AvgIpc) is 2.35. The molecule has 116 valence electrons. The third kappa shape index (κ3) is 9.82. The topological polar surface area (TPSA) is 26.3 Å². The molecule has 0 aromatic rings. The van der Waals surface area contributed by atoms with Gasteiger partial charge in [-0.05, 0) is 38.5 Å². The number of allylic oxidation sites excluding steroid dienone is 2. The Kier molecular flexibility index (Phi) is 10.1. The summed E-state index contributed by atoms with van der Waals surface area (Å²) >= 11 is 0. The molecule has 2 heteroatoms. The quantitative estimate of drug-likeness (QED) is 0.270. The Morgan fingerprint density at radius 2 is 1.70 bits per heavy atom. The highest BCUT2D eigenvalue weighted by Gasteiger charge is 2.20. The van der Waals surface area contributed by atoms with E-state index in [9.17, 15) is 4.79 Å². The highest BCUT2D eigenvalue weighted by Crippen LogP contribution is 2.18. The van der Waals surface area contributed by atoms with Crippen LogP contribution in [0.3, 0.4) is 0 Å². The molecule has 0 radical (unpaired) electrons. The average molecular weight is 280 g/mol. The second kappa shape index (κ2) is 10.7. The van der Waals surface area contributed by atoms with E-state index in [0.29, 0.717) is 12.3 Å². The van der Waals surface area contributed by atoms with E-state index in [4.69, 9.17) is 4.74 Å². The molecule has 2 nitrogen and oxygen atoms in total. The number of carbonyl (C=O) groups is 1. The summed E-state index contributed by atoms with van der Waals surface area (Å²) in [5.74, 6) is 1.40. The van der Waals surface area contributed by atoms with E-state index in [1.807, 2.05) is 6.92 Å². The molecule has 0 aromatic heterocycles. The molecular formula is C18H32O2. The van der Waals surface area contributed by atoms with Gasteiger partial charge in [0.2, 0.25) is 0 Å². The van der Waals surface area contributed by atoms with Gasteiger partial charge in [-0.2, -0.15) is 0 Å². The smallest absolute Gasteiger partial charge is 0.173 e. The van der Waals surface area contributed by atoms with Gasteiger partial charge in [0.1, 0.15) is 0 Å². The first-order chi connectivity index (χ1) is 9.36. The normalized spacial score (nSPS) is 12.2. The highest BCUT2D eigenvalue weighted by molar-refractivity contribution is 5.82. The molecule has 0 bridgehead atoms. The molecule has 0 saturated heterocycles. The Bertz CT molecular complexity index is 315. The summed E-state index contributed by atoms with van der Waals surface area (Å²) in [5.41, 5.74) is 1.24. The zero-order chi connectivity index (χ0) is 15.5. The van der Waals surface area contributed by atoms with Gasteiger partial charge in [-0.3, -0.25) is 4.79 Å². The van der Waals surface area contributed by atoms with Crippen LogP contribution in [-0.2, 0) is 9.53 Å². The second-order valence-electron chi connectivity index (χ2n) is 6.11. The molecule has 0 fully saturated rings. The number of ether oxygens (including phenoxy) is 1. The van der Waals surface area contributed by atoms with Crippen molar-refractivity contribution in [1.29, 1.82) is 0 Å². The summed E-state index contributed by atoms with van der Waals surface area (Å²) < 4.78 is 5.78. The lowest BCUT2D eigenvalue weighted by Crippen LogP contribution is -2.25. The van der Waals surface area contributed by atoms with E-state index in [-0.39, 0.29) is 11.9 Å². The van der Waals surface area contributed by atoms with Gasteiger partial charge in [0.25, 0.3) is 0 Å². The molecule has 0 aliphatic carbocycles. The Morgan fingerprint density at radius 3 is 2.20 bits per heavy atom. The molecule has 1 atom stereocenters. The van der Waals surface area contributed by atoms with Gasteiger partial charge in [-0.25, -0.2) is 0 Å². The minimum absolute atomic E-state index is 0.183. The minimum Gasteiger partial charge on any atom is -0.488 e. The number of rotatable bonds is 12. The second-order valence-corrected chi connectivity index (χ2v) is 6.11. The Labute approximate surface area is 125 Å². The molecule has 0 aliphatic heterocycles. The lowest BCUT2D eigenvalue weighted by molar-refractivity contribution is -0.128. The van der Waals surface area contributed by atoms with E-state index < -0.39 is 0 Å². The summed E-state index contributed by atoms with van der Waals surface area (Å²) in [6, 6.07) is 0. The van der Waals surface area contributed by atoms with Gasteiger partial charge in [-0.1, -0.05) is 39.3 Å². The van der Waals surface area contributed by atoms with Crippen LogP contribution >= 0.6 is 0 Å². The van der Waals surface area contributed by atoms with Crippen LogP contribution in [0.5, 0.6) is 0 Å². The molecule has 1 unspecified atom stereocenters. The number of hydrogen-bond acceptors (Lipinski definition) is 2. The van der Waals surface area contributed by atoms with E-state index >= 15 is 0 Å². The summed E-state index contributed by atoms with van der Waals surface area (Å²) in [4.78, 5) is 11.9. The van der Waals surface area contributed by atoms with Gasteiger partial charge in [0.15, 0.2) is 11.9 Å². The van der Waals surface area contributed by atoms with Crippen molar-refractivity contribution in [2.75, 3.05) is 0 Å². The van der Waals surface area contributed by atoms with Gasteiger partial charge in [-0.15, -0.1) is 6.58 Å². The number of hydrogen-bond donors (Lipinski definition) is 0. The standard InChI is InChI=1S/C18H32O2/c1-7-17(19)18(13-15(4)5)20-16(6)12-10-8-9-11-14(2)3/h15,18H,2,6-13H2,1,3-5H3. The molecule has 0 saturated carbocycles. The SMILES string of the molecule is C=C(C)CCCCCC(=C)OC(CC(C)C)C(=O)CC.